The first-order valence-corrected chi connectivity index (χ1v) is 5.53. The minimum absolute atomic E-state index is 0.0779. The molecule has 1 N–H and O–H groups in total. The molecule has 3 heteroatoms. The Kier molecular flexibility index (Phi) is 6.54. The molecular weight excluding hydrogens is 176 g/mol. The molecule has 1 amide bonds. The summed E-state index contributed by atoms with van der Waals surface area (Å²) in [6.45, 7) is 13.2. The van der Waals surface area contributed by atoms with E-state index in [9.17, 15) is 4.79 Å². The first-order chi connectivity index (χ1) is 6.51. The van der Waals surface area contributed by atoms with Crippen molar-refractivity contribution in [3.8, 4) is 0 Å². The molecule has 0 aliphatic rings. The van der Waals surface area contributed by atoms with Crippen molar-refractivity contribution < 1.29 is 4.79 Å². The topological polar surface area (TPSA) is 32.3 Å². The van der Waals surface area contributed by atoms with Gasteiger partial charge in [0.05, 0.1) is 0 Å². The second kappa shape index (κ2) is 6.82. The minimum atomic E-state index is 0.0779. The maximum atomic E-state index is 11.4. The molecule has 0 saturated heterocycles. The van der Waals surface area contributed by atoms with E-state index in [4.69, 9.17) is 0 Å². The number of nitrogens with zero attached hydrogens (tertiary/aromatic N) is 1. The lowest BCUT2D eigenvalue weighted by Gasteiger charge is -2.23. The van der Waals surface area contributed by atoms with E-state index in [1.807, 2.05) is 13.8 Å². The molecule has 84 valence electrons. The van der Waals surface area contributed by atoms with Gasteiger partial charge in [-0.2, -0.15) is 0 Å². The van der Waals surface area contributed by atoms with Crippen molar-refractivity contribution in [1.29, 1.82) is 0 Å². The van der Waals surface area contributed by atoms with Gasteiger partial charge in [0.2, 0.25) is 5.91 Å². The second-order valence-corrected chi connectivity index (χ2v) is 4.05. The Labute approximate surface area is 87.9 Å². The number of likely N-dealkylation sites (N-methyl/N-ethyl adjacent to an activating group) is 1. The van der Waals surface area contributed by atoms with E-state index in [-0.39, 0.29) is 17.9 Å². The Morgan fingerprint density at radius 3 is 2.07 bits per heavy atom. The fraction of sp³-hybridized carbons (Fsp3) is 0.909. The van der Waals surface area contributed by atoms with E-state index < -0.39 is 0 Å². The Hall–Kier alpha value is -0.570. The first-order valence-electron chi connectivity index (χ1n) is 5.53. The number of hydrogen-bond donors (Lipinski definition) is 1. The summed E-state index contributed by atoms with van der Waals surface area (Å²) in [7, 11) is 0. The lowest BCUT2D eigenvalue weighted by Crippen LogP contribution is -2.43. The van der Waals surface area contributed by atoms with Crippen molar-refractivity contribution >= 4 is 5.91 Å². The molecule has 0 radical (unpaired) electrons. The highest BCUT2D eigenvalue weighted by atomic mass is 16.1. The fourth-order valence-corrected chi connectivity index (χ4v) is 1.32. The predicted octanol–water partition coefficient (Wildman–Crippen LogP) is 1.49. The highest BCUT2D eigenvalue weighted by molar-refractivity contribution is 5.78. The molecular formula is C11H24N2O. The van der Waals surface area contributed by atoms with Gasteiger partial charge in [-0.1, -0.05) is 27.7 Å². The van der Waals surface area contributed by atoms with Gasteiger partial charge in [0, 0.05) is 18.5 Å². The third kappa shape index (κ3) is 5.22. The number of rotatable bonds is 6. The molecule has 0 aromatic heterocycles. The molecule has 3 nitrogen and oxygen atoms in total. The molecule has 0 saturated carbocycles. The largest absolute Gasteiger partial charge is 0.352 e. The fourth-order valence-electron chi connectivity index (χ4n) is 1.32. The zero-order valence-electron chi connectivity index (χ0n) is 10.1. The van der Waals surface area contributed by atoms with Crippen LogP contribution in [0, 0.1) is 5.92 Å². The highest BCUT2D eigenvalue weighted by Crippen LogP contribution is 1.95. The molecule has 0 aromatic carbocycles. The average molecular weight is 200 g/mol. The molecule has 1 unspecified atom stereocenters. The smallest absolute Gasteiger partial charge is 0.222 e. The summed E-state index contributed by atoms with van der Waals surface area (Å²) < 4.78 is 0. The summed E-state index contributed by atoms with van der Waals surface area (Å²) in [6, 6.07) is 0.241. The lowest BCUT2D eigenvalue weighted by atomic mass is 10.2. The van der Waals surface area contributed by atoms with Crippen LogP contribution in [0.15, 0.2) is 0 Å². The summed E-state index contributed by atoms with van der Waals surface area (Å²) in [6.07, 6.45) is 0. The van der Waals surface area contributed by atoms with Gasteiger partial charge in [-0.05, 0) is 20.0 Å². The van der Waals surface area contributed by atoms with Crippen LogP contribution < -0.4 is 5.32 Å². The van der Waals surface area contributed by atoms with Crippen molar-refractivity contribution in [3.63, 3.8) is 0 Å². The Balaban J connectivity index is 3.84. The summed E-state index contributed by atoms with van der Waals surface area (Å²) in [5.41, 5.74) is 0. The Bertz CT molecular complexity index is 165. The molecule has 0 bridgehead atoms. The minimum Gasteiger partial charge on any atom is -0.352 e. The standard InChI is InChI=1S/C11H24N2O/c1-6-13(7-2)8-10(5)12-11(14)9(3)4/h9-10H,6-8H2,1-5H3,(H,12,14). The van der Waals surface area contributed by atoms with Gasteiger partial charge >= 0.3 is 0 Å². The van der Waals surface area contributed by atoms with Crippen LogP contribution >= 0.6 is 0 Å². The SMILES string of the molecule is CCN(CC)CC(C)NC(=O)C(C)C. The third-order valence-electron chi connectivity index (χ3n) is 2.34. The molecule has 0 spiro atoms. The van der Waals surface area contributed by atoms with Crippen molar-refractivity contribution in [1.82, 2.24) is 10.2 Å². The van der Waals surface area contributed by atoms with Crippen LogP contribution in [0.25, 0.3) is 0 Å². The molecule has 0 heterocycles. The highest BCUT2D eigenvalue weighted by Gasteiger charge is 2.12. The van der Waals surface area contributed by atoms with E-state index in [0.29, 0.717) is 0 Å². The molecule has 0 fully saturated rings. The number of carbonyl (C=O) groups excluding carboxylic acids is 1. The summed E-state index contributed by atoms with van der Waals surface area (Å²) >= 11 is 0. The van der Waals surface area contributed by atoms with Gasteiger partial charge in [-0.25, -0.2) is 0 Å². The third-order valence-corrected chi connectivity index (χ3v) is 2.34. The Morgan fingerprint density at radius 1 is 1.21 bits per heavy atom. The molecule has 0 aliphatic heterocycles. The van der Waals surface area contributed by atoms with Crippen LogP contribution in [0.3, 0.4) is 0 Å². The molecule has 0 aromatic rings. The van der Waals surface area contributed by atoms with Crippen molar-refractivity contribution in [2.24, 2.45) is 5.92 Å². The molecule has 0 aliphatic carbocycles. The molecule has 0 rings (SSSR count). The van der Waals surface area contributed by atoms with Crippen LogP contribution in [0.5, 0.6) is 0 Å². The maximum Gasteiger partial charge on any atom is 0.222 e. The number of hydrogen-bond acceptors (Lipinski definition) is 2. The lowest BCUT2D eigenvalue weighted by molar-refractivity contribution is -0.124. The van der Waals surface area contributed by atoms with Gasteiger partial charge in [-0.3, -0.25) is 4.79 Å². The normalized spacial score (nSPS) is 13.4. The Morgan fingerprint density at radius 2 is 1.71 bits per heavy atom. The summed E-state index contributed by atoms with van der Waals surface area (Å²) in [5.74, 6) is 0.221. The number of nitrogens with one attached hydrogen (secondary N) is 1. The van der Waals surface area contributed by atoms with E-state index in [2.05, 4.69) is 31.0 Å². The molecule has 14 heavy (non-hydrogen) atoms. The average Bonchev–Trinajstić information content (AvgIpc) is 2.13. The van der Waals surface area contributed by atoms with Gasteiger partial charge in [0.15, 0.2) is 0 Å². The van der Waals surface area contributed by atoms with Gasteiger partial charge in [0.25, 0.3) is 0 Å². The number of carbonyl (C=O) groups is 1. The van der Waals surface area contributed by atoms with Crippen LogP contribution in [0.2, 0.25) is 0 Å². The predicted molar refractivity (Wildman–Crippen MR) is 60.2 cm³/mol. The van der Waals surface area contributed by atoms with E-state index in [0.717, 1.165) is 19.6 Å². The monoisotopic (exact) mass is 200 g/mol. The second-order valence-electron chi connectivity index (χ2n) is 4.05. The molecule has 1 atom stereocenters. The van der Waals surface area contributed by atoms with Crippen LogP contribution in [0.4, 0.5) is 0 Å². The van der Waals surface area contributed by atoms with Gasteiger partial charge in [-0.15, -0.1) is 0 Å². The van der Waals surface area contributed by atoms with Crippen LogP contribution in [-0.4, -0.2) is 36.5 Å². The maximum absolute atomic E-state index is 11.4. The van der Waals surface area contributed by atoms with E-state index in [1.54, 1.807) is 0 Å². The zero-order chi connectivity index (χ0) is 11.1. The van der Waals surface area contributed by atoms with Crippen LogP contribution in [0.1, 0.15) is 34.6 Å². The van der Waals surface area contributed by atoms with Crippen molar-refractivity contribution in [3.05, 3.63) is 0 Å². The number of amides is 1. The first kappa shape index (κ1) is 13.4. The van der Waals surface area contributed by atoms with E-state index in [1.165, 1.54) is 0 Å². The van der Waals surface area contributed by atoms with Crippen LogP contribution in [-0.2, 0) is 4.79 Å². The van der Waals surface area contributed by atoms with E-state index >= 15 is 0 Å². The summed E-state index contributed by atoms with van der Waals surface area (Å²) in [5, 5.41) is 3.00. The zero-order valence-corrected chi connectivity index (χ0v) is 10.1. The summed E-state index contributed by atoms with van der Waals surface area (Å²) in [4.78, 5) is 13.7. The van der Waals surface area contributed by atoms with Crippen molar-refractivity contribution in [2.45, 2.75) is 40.7 Å². The van der Waals surface area contributed by atoms with Gasteiger partial charge < -0.3 is 10.2 Å². The van der Waals surface area contributed by atoms with Gasteiger partial charge in [0.1, 0.15) is 0 Å². The van der Waals surface area contributed by atoms with Crippen molar-refractivity contribution in [2.75, 3.05) is 19.6 Å². The quantitative estimate of drug-likeness (QED) is 0.704.